The molecule has 1 saturated carbocycles. The zero-order valence-electron chi connectivity index (χ0n) is 18.9. The van der Waals surface area contributed by atoms with Crippen LogP contribution in [0.25, 0.3) is 11.4 Å². The van der Waals surface area contributed by atoms with E-state index in [1.807, 2.05) is 30.0 Å². The number of rotatable bonds is 5. The molecule has 2 aliphatic rings. The van der Waals surface area contributed by atoms with Gasteiger partial charge in [0.1, 0.15) is 5.82 Å². The number of nitrogens with one attached hydrogen (secondary N) is 1. The highest BCUT2D eigenvalue weighted by molar-refractivity contribution is 6.31. The van der Waals surface area contributed by atoms with Crippen LogP contribution in [0.2, 0.25) is 5.02 Å². The Morgan fingerprint density at radius 3 is 2.63 bits per heavy atom. The summed E-state index contributed by atoms with van der Waals surface area (Å²) in [5.41, 5.74) is 1.25. The van der Waals surface area contributed by atoms with Crippen LogP contribution in [0.15, 0.2) is 48.9 Å². The van der Waals surface area contributed by atoms with E-state index in [0.717, 1.165) is 37.1 Å². The van der Waals surface area contributed by atoms with Crippen molar-refractivity contribution in [1.29, 1.82) is 0 Å². The summed E-state index contributed by atoms with van der Waals surface area (Å²) < 4.78 is 39.7. The van der Waals surface area contributed by atoms with E-state index in [9.17, 15) is 18.0 Å². The van der Waals surface area contributed by atoms with Gasteiger partial charge in [-0.1, -0.05) is 29.3 Å². The maximum Gasteiger partial charge on any atom is 0.418 e. The normalized spacial score (nSPS) is 18.7. The first-order chi connectivity index (χ1) is 16.7. The molecule has 1 aliphatic heterocycles. The molecule has 0 bridgehead atoms. The molecule has 0 radical (unpaired) electrons. The minimum absolute atomic E-state index is 0.0693. The molecule has 1 unspecified atom stereocenters. The number of halogens is 4. The molecule has 6 nitrogen and oxygen atoms in total. The molecule has 35 heavy (non-hydrogen) atoms. The minimum Gasteiger partial charge on any atom is -0.368 e. The van der Waals surface area contributed by atoms with E-state index in [1.165, 1.54) is 0 Å². The Morgan fingerprint density at radius 2 is 1.94 bits per heavy atom. The van der Waals surface area contributed by atoms with Crippen molar-refractivity contribution in [1.82, 2.24) is 19.9 Å². The van der Waals surface area contributed by atoms with Gasteiger partial charge < -0.3 is 10.2 Å². The van der Waals surface area contributed by atoms with E-state index in [1.54, 1.807) is 18.5 Å². The maximum absolute atomic E-state index is 13.8. The summed E-state index contributed by atoms with van der Waals surface area (Å²) in [6.45, 7) is 2.81. The van der Waals surface area contributed by atoms with Crippen molar-refractivity contribution in [2.75, 3.05) is 18.4 Å². The second-order valence-electron chi connectivity index (χ2n) is 9.34. The molecular formula is C25H23ClF3N5O. The third-order valence-electron chi connectivity index (χ3n) is 6.72. The first-order valence-electron chi connectivity index (χ1n) is 11.3. The number of alkyl halides is 3. The van der Waals surface area contributed by atoms with E-state index < -0.39 is 16.8 Å². The van der Waals surface area contributed by atoms with E-state index in [2.05, 4.69) is 20.3 Å². The third-order valence-corrected chi connectivity index (χ3v) is 7.03. The van der Waals surface area contributed by atoms with Gasteiger partial charge in [0.25, 0.3) is 5.91 Å². The van der Waals surface area contributed by atoms with Gasteiger partial charge in [-0.3, -0.25) is 4.79 Å². The Labute approximate surface area is 205 Å². The van der Waals surface area contributed by atoms with Crippen LogP contribution >= 0.6 is 11.6 Å². The van der Waals surface area contributed by atoms with E-state index in [0.29, 0.717) is 23.5 Å². The van der Waals surface area contributed by atoms with E-state index >= 15 is 0 Å². The van der Waals surface area contributed by atoms with Crippen LogP contribution in [0.5, 0.6) is 0 Å². The molecule has 1 saturated heterocycles. The Bertz CT molecular complexity index is 1260. The van der Waals surface area contributed by atoms with Crippen LogP contribution in [0.3, 0.4) is 0 Å². The number of hydrogen-bond acceptors (Lipinski definition) is 5. The summed E-state index contributed by atoms with van der Waals surface area (Å²) in [6, 6.07) is 8.03. The molecule has 2 fully saturated rings. The van der Waals surface area contributed by atoms with Crippen LogP contribution in [0, 0.1) is 12.3 Å². The fraction of sp³-hybridized carbons (Fsp3) is 0.360. The Balaban J connectivity index is 1.41. The summed E-state index contributed by atoms with van der Waals surface area (Å²) in [7, 11) is 0. The Morgan fingerprint density at radius 1 is 1.20 bits per heavy atom. The lowest BCUT2D eigenvalue weighted by molar-refractivity contribution is -0.137. The van der Waals surface area contributed by atoms with Crippen LogP contribution in [0.4, 0.5) is 19.0 Å². The van der Waals surface area contributed by atoms with Crippen LogP contribution in [-0.2, 0) is 6.18 Å². The zero-order chi connectivity index (χ0) is 24.8. The van der Waals surface area contributed by atoms with E-state index in [-0.39, 0.29) is 29.7 Å². The van der Waals surface area contributed by atoms with Gasteiger partial charge in [-0.2, -0.15) is 13.2 Å². The van der Waals surface area contributed by atoms with Gasteiger partial charge in [0.05, 0.1) is 16.1 Å². The standard InChI is InChI=1S/C25H23ClF3N5O/c1-15-3-4-17(22-30-7-2-8-31-22)18(9-15)23(35)34-14-24(5-6-24)11-16(34)12-32-21-10-19(25(27,28)29)20(26)13-33-21/h2-4,7-10,13,16H,5-6,11-12,14H2,1H3,(H,32,33). The van der Waals surface area contributed by atoms with Crippen molar-refractivity contribution in [3.05, 3.63) is 70.6 Å². The van der Waals surface area contributed by atoms with Gasteiger partial charge in [0.15, 0.2) is 5.82 Å². The fourth-order valence-corrected chi connectivity index (χ4v) is 4.93. The number of nitrogens with zero attached hydrogens (tertiary/aromatic N) is 4. The lowest BCUT2D eigenvalue weighted by atomic mass is 10.0. The molecule has 2 aromatic heterocycles. The van der Waals surface area contributed by atoms with Crippen molar-refractivity contribution >= 4 is 23.3 Å². The molecule has 5 rings (SSSR count). The van der Waals surface area contributed by atoms with Gasteiger partial charge in [0, 0.05) is 43.3 Å². The molecule has 1 N–H and O–H groups in total. The molecule has 182 valence electrons. The highest BCUT2D eigenvalue weighted by Gasteiger charge is 2.53. The molecule has 3 heterocycles. The van der Waals surface area contributed by atoms with Gasteiger partial charge in [0.2, 0.25) is 0 Å². The number of likely N-dealkylation sites (tertiary alicyclic amines) is 1. The predicted octanol–water partition coefficient (Wildman–Crippen LogP) is 5.63. The SMILES string of the molecule is Cc1ccc(-c2ncccn2)c(C(=O)N2CC3(CC3)CC2CNc2cc(C(F)(F)F)c(Cl)cn2)c1. The fourth-order valence-electron chi connectivity index (χ4n) is 4.72. The Kier molecular flexibility index (Phi) is 5.91. The molecule has 1 aromatic carbocycles. The Hall–Kier alpha value is -3.20. The predicted molar refractivity (Wildman–Crippen MR) is 126 cm³/mol. The van der Waals surface area contributed by atoms with Gasteiger partial charge >= 0.3 is 6.18 Å². The molecule has 1 aliphatic carbocycles. The molecule has 10 heteroatoms. The van der Waals surface area contributed by atoms with Gasteiger partial charge in [-0.05, 0) is 49.8 Å². The molecular weight excluding hydrogens is 479 g/mol. The number of hydrogen-bond donors (Lipinski definition) is 1. The quantitative estimate of drug-likeness (QED) is 0.491. The summed E-state index contributed by atoms with van der Waals surface area (Å²) in [6.07, 6.45) is 2.53. The highest BCUT2D eigenvalue weighted by Crippen LogP contribution is 2.55. The second-order valence-corrected chi connectivity index (χ2v) is 9.75. The highest BCUT2D eigenvalue weighted by atomic mass is 35.5. The molecule has 1 spiro atoms. The van der Waals surface area contributed by atoms with Crippen LogP contribution in [0.1, 0.15) is 40.7 Å². The largest absolute Gasteiger partial charge is 0.418 e. The van der Waals surface area contributed by atoms with Crippen LogP contribution in [-0.4, -0.2) is 44.9 Å². The first-order valence-corrected chi connectivity index (χ1v) is 11.7. The third kappa shape index (κ3) is 4.82. The first kappa shape index (κ1) is 23.5. The number of aryl methyl sites for hydroxylation is 1. The second kappa shape index (κ2) is 8.78. The van der Waals surface area contributed by atoms with Crippen molar-refractivity contribution in [3.63, 3.8) is 0 Å². The van der Waals surface area contributed by atoms with Crippen molar-refractivity contribution in [2.24, 2.45) is 5.41 Å². The summed E-state index contributed by atoms with van der Waals surface area (Å²) in [5, 5.41) is 2.55. The van der Waals surface area contributed by atoms with Gasteiger partial charge in [-0.15, -0.1) is 0 Å². The van der Waals surface area contributed by atoms with Crippen molar-refractivity contribution in [3.8, 4) is 11.4 Å². The average Bonchev–Trinajstić information content (AvgIpc) is 3.49. The number of carbonyl (C=O) groups is 1. The smallest absolute Gasteiger partial charge is 0.368 e. The number of carbonyl (C=O) groups excluding carboxylic acids is 1. The summed E-state index contributed by atoms with van der Waals surface area (Å²) >= 11 is 5.69. The monoisotopic (exact) mass is 501 g/mol. The number of pyridine rings is 1. The summed E-state index contributed by atoms with van der Waals surface area (Å²) in [5.74, 6) is 0.405. The number of anilines is 1. The zero-order valence-corrected chi connectivity index (χ0v) is 19.7. The lowest BCUT2D eigenvalue weighted by Gasteiger charge is -2.26. The minimum atomic E-state index is -4.58. The molecule has 3 aromatic rings. The molecule has 1 amide bonds. The van der Waals surface area contributed by atoms with Gasteiger partial charge in [-0.25, -0.2) is 15.0 Å². The maximum atomic E-state index is 13.8. The number of amides is 1. The average molecular weight is 502 g/mol. The van der Waals surface area contributed by atoms with Crippen molar-refractivity contribution < 1.29 is 18.0 Å². The van der Waals surface area contributed by atoms with Crippen LogP contribution < -0.4 is 5.32 Å². The molecule has 1 atom stereocenters. The summed E-state index contributed by atoms with van der Waals surface area (Å²) in [4.78, 5) is 28.3. The topological polar surface area (TPSA) is 71.0 Å². The number of aromatic nitrogens is 3. The number of benzene rings is 1. The lowest BCUT2D eigenvalue weighted by Crippen LogP contribution is -2.40. The van der Waals surface area contributed by atoms with E-state index in [4.69, 9.17) is 11.6 Å². The van der Waals surface area contributed by atoms with Crippen molar-refractivity contribution in [2.45, 2.75) is 38.4 Å².